The van der Waals surface area contributed by atoms with Gasteiger partial charge in [0, 0.05) is 19.4 Å². The molecule has 10 heteroatoms. The molecule has 2 saturated heterocycles. The van der Waals surface area contributed by atoms with Gasteiger partial charge in [-0.15, -0.1) is 0 Å². The first-order chi connectivity index (χ1) is 15.8. The molecular formula is C23H28N4O6. The van der Waals surface area contributed by atoms with Gasteiger partial charge in [-0.05, 0) is 31.7 Å². The van der Waals surface area contributed by atoms with Crippen LogP contribution in [0.4, 0.5) is 0 Å². The molecule has 2 heterocycles. The Morgan fingerprint density at radius 1 is 1.18 bits per heavy atom. The fraction of sp³-hybridized carbons (Fsp3) is 0.478. The predicted molar refractivity (Wildman–Crippen MR) is 116 cm³/mol. The highest BCUT2D eigenvalue weighted by Crippen LogP contribution is 2.25. The fourth-order valence-electron chi connectivity index (χ4n) is 4.12. The zero-order valence-electron chi connectivity index (χ0n) is 18.5. The van der Waals surface area contributed by atoms with Gasteiger partial charge < -0.3 is 15.4 Å². The summed E-state index contributed by atoms with van der Waals surface area (Å²) in [5.74, 6) is -2.15. The van der Waals surface area contributed by atoms with E-state index in [-0.39, 0.29) is 43.4 Å². The molecule has 1 aromatic rings. The summed E-state index contributed by atoms with van der Waals surface area (Å²) in [6.07, 6.45) is 1.58. The number of carbonyl (C=O) groups is 6. The number of aldehydes is 1. The van der Waals surface area contributed by atoms with Crippen molar-refractivity contribution in [3.8, 4) is 0 Å². The number of carbonyl (C=O) groups excluding carboxylic acids is 6. The highest BCUT2D eigenvalue weighted by atomic mass is 16.2. The van der Waals surface area contributed by atoms with Crippen LogP contribution in [0.2, 0.25) is 0 Å². The number of ketones is 1. The lowest BCUT2D eigenvalue weighted by atomic mass is 10.00. The largest absolute Gasteiger partial charge is 0.344 e. The molecule has 3 rings (SSSR count). The van der Waals surface area contributed by atoms with Crippen LogP contribution in [0.3, 0.4) is 0 Å². The molecule has 2 N–H and O–H groups in total. The Labute approximate surface area is 191 Å². The minimum absolute atomic E-state index is 0.154. The summed E-state index contributed by atoms with van der Waals surface area (Å²) < 4.78 is 0. The van der Waals surface area contributed by atoms with Crippen LogP contribution in [0, 0.1) is 0 Å². The maximum atomic E-state index is 13.2. The van der Waals surface area contributed by atoms with Crippen LogP contribution in [0.1, 0.15) is 44.6 Å². The van der Waals surface area contributed by atoms with E-state index in [0.717, 1.165) is 10.6 Å². The number of hydrazine groups is 1. The summed E-state index contributed by atoms with van der Waals surface area (Å²) in [7, 11) is 0. The predicted octanol–water partition coefficient (Wildman–Crippen LogP) is -0.0949. The van der Waals surface area contributed by atoms with E-state index in [1.165, 1.54) is 11.9 Å². The molecule has 2 aliphatic rings. The second kappa shape index (κ2) is 10.8. The number of hydrogen-bond acceptors (Lipinski definition) is 6. The number of hydrogen-bond donors (Lipinski definition) is 2. The van der Waals surface area contributed by atoms with Gasteiger partial charge in [-0.3, -0.25) is 29.0 Å². The lowest BCUT2D eigenvalue weighted by Crippen LogP contribution is -2.69. The van der Waals surface area contributed by atoms with Crippen molar-refractivity contribution in [1.29, 1.82) is 0 Å². The monoisotopic (exact) mass is 456 g/mol. The number of amides is 4. The quantitative estimate of drug-likeness (QED) is 0.499. The summed E-state index contributed by atoms with van der Waals surface area (Å²) in [4.78, 5) is 73.7. The molecule has 0 aromatic heterocycles. The zero-order chi connectivity index (χ0) is 24.0. The van der Waals surface area contributed by atoms with Crippen LogP contribution in [0.25, 0.3) is 0 Å². The molecule has 0 saturated carbocycles. The molecule has 10 nitrogen and oxygen atoms in total. The molecule has 176 valence electrons. The third kappa shape index (κ3) is 6.03. The van der Waals surface area contributed by atoms with Crippen molar-refractivity contribution in [3.05, 3.63) is 35.9 Å². The van der Waals surface area contributed by atoms with Crippen molar-refractivity contribution in [2.24, 2.45) is 0 Å². The van der Waals surface area contributed by atoms with E-state index in [0.29, 0.717) is 25.5 Å². The second-order valence-electron chi connectivity index (χ2n) is 8.32. The second-order valence-corrected chi connectivity index (χ2v) is 8.32. The average Bonchev–Trinajstić information content (AvgIpc) is 2.80. The van der Waals surface area contributed by atoms with Crippen molar-refractivity contribution < 1.29 is 28.8 Å². The van der Waals surface area contributed by atoms with Crippen molar-refractivity contribution in [1.82, 2.24) is 20.7 Å². The van der Waals surface area contributed by atoms with Crippen LogP contribution in [-0.2, 0) is 35.2 Å². The van der Waals surface area contributed by atoms with Gasteiger partial charge >= 0.3 is 0 Å². The Hall–Kier alpha value is -3.56. The Balaban J connectivity index is 1.67. The van der Waals surface area contributed by atoms with Crippen molar-refractivity contribution in [3.63, 3.8) is 0 Å². The lowest BCUT2D eigenvalue weighted by molar-refractivity contribution is -0.186. The maximum Gasteiger partial charge on any atom is 0.265 e. The summed E-state index contributed by atoms with van der Waals surface area (Å²) in [6.45, 7) is 1.59. The number of aryl methyl sites for hydroxylation is 1. The molecule has 0 aliphatic carbocycles. The number of nitrogens with one attached hydrogen (secondary N) is 2. The molecule has 2 fully saturated rings. The molecule has 0 spiro atoms. The molecule has 2 aliphatic heterocycles. The topological polar surface area (TPSA) is 133 Å². The molecule has 3 unspecified atom stereocenters. The van der Waals surface area contributed by atoms with Crippen LogP contribution in [-0.4, -0.2) is 70.4 Å². The first-order valence-corrected chi connectivity index (χ1v) is 11.0. The van der Waals surface area contributed by atoms with Crippen LogP contribution < -0.4 is 10.6 Å². The molecular weight excluding hydrogens is 428 g/mol. The number of nitrogens with zero attached hydrogens (tertiary/aromatic N) is 2. The fourth-order valence-corrected chi connectivity index (χ4v) is 4.12. The molecule has 0 radical (unpaired) electrons. The van der Waals surface area contributed by atoms with Crippen molar-refractivity contribution in [2.75, 3.05) is 6.54 Å². The van der Waals surface area contributed by atoms with E-state index in [4.69, 9.17) is 0 Å². The normalized spacial score (nSPS) is 21.1. The van der Waals surface area contributed by atoms with Gasteiger partial charge in [-0.2, -0.15) is 0 Å². The Morgan fingerprint density at radius 3 is 2.58 bits per heavy atom. The highest BCUT2D eigenvalue weighted by molar-refractivity contribution is 5.99. The van der Waals surface area contributed by atoms with Crippen molar-refractivity contribution >= 4 is 35.7 Å². The SMILES string of the molecule is CC(=O)CC(C=O)NC(=O)C1CCCN2C(=O)CC(NC(=O)CCc3ccccc3)C(=O)N12. The van der Waals surface area contributed by atoms with E-state index in [9.17, 15) is 28.8 Å². The minimum atomic E-state index is -1.07. The molecule has 3 atom stereocenters. The van der Waals surface area contributed by atoms with Gasteiger partial charge in [0.2, 0.25) is 17.7 Å². The Morgan fingerprint density at radius 2 is 1.91 bits per heavy atom. The van der Waals surface area contributed by atoms with Gasteiger partial charge in [0.1, 0.15) is 24.2 Å². The van der Waals surface area contributed by atoms with Gasteiger partial charge in [-0.25, -0.2) is 5.01 Å². The van der Waals surface area contributed by atoms with E-state index in [1.54, 1.807) is 0 Å². The maximum absolute atomic E-state index is 13.2. The molecule has 1 aromatic carbocycles. The number of benzene rings is 1. The Kier molecular flexibility index (Phi) is 7.92. The molecule has 0 bridgehead atoms. The first-order valence-electron chi connectivity index (χ1n) is 11.0. The van der Waals surface area contributed by atoms with E-state index in [2.05, 4.69) is 10.6 Å². The van der Waals surface area contributed by atoms with Crippen LogP contribution in [0.15, 0.2) is 30.3 Å². The van der Waals surface area contributed by atoms with Crippen LogP contribution in [0.5, 0.6) is 0 Å². The minimum Gasteiger partial charge on any atom is -0.344 e. The Bertz CT molecular complexity index is 934. The first kappa shape index (κ1) is 24.1. The summed E-state index contributed by atoms with van der Waals surface area (Å²) in [5.41, 5.74) is 0.980. The summed E-state index contributed by atoms with van der Waals surface area (Å²) in [6, 6.07) is 6.35. The standard InChI is InChI=1S/C23H28N4O6/c1-15(29)12-17(14-28)24-22(32)19-8-5-11-26-21(31)13-18(23(33)27(19)26)25-20(30)10-9-16-6-3-2-4-7-16/h2-4,6-7,14,17-19H,5,8-13H2,1H3,(H,24,32)(H,25,30). The van der Waals surface area contributed by atoms with E-state index >= 15 is 0 Å². The highest BCUT2D eigenvalue weighted by Gasteiger charge is 2.47. The average molecular weight is 456 g/mol. The third-order valence-corrected chi connectivity index (χ3v) is 5.71. The van der Waals surface area contributed by atoms with Gasteiger partial charge in [0.05, 0.1) is 12.5 Å². The smallest absolute Gasteiger partial charge is 0.265 e. The zero-order valence-corrected chi connectivity index (χ0v) is 18.5. The van der Waals surface area contributed by atoms with Crippen molar-refractivity contribution in [2.45, 2.75) is 63.6 Å². The summed E-state index contributed by atoms with van der Waals surface area (Å²) >= 11 is 0. The van der Waals surface area contributed by atoms with E-state index < -0.39 is 29.9 Å². The van der Waals surface area contributed by atoms with Gasteiger partial charge in [-0.1, -0.05) is 30.3 Å². The van der Waals surface area contributed by atoms with Crippen LogP contribution >= 0.6 is 0 Å². The summed E-state index contributed by atoms with van der Waals surface area (Å²) in [5, 5.41) is 7.45. The third-order valence-electron chi connectivity index (χ3n) is 5.71. The van der Waals surface area contributed by atoms with Gasteiger partial charge in [0.25, 0.3) is 5.91 Å². The molecule has 4 amide bonds. The number of fused-ring (bicyclic) bond motifs is 1. The van der Waals surface area contributed by atoms with Gasteiger partial charge in [0.15, 0.2) is 0 Å². The lowest BCUT2D eigenvalue weighted by Gasteiger charge is -2.47. The number of rotatable bonds is 9. The molecule has 33 heavy (non-hydrogen) atoms. The number of Topliss-reactive ketones (excluding diaryl/α,β-unsaturated/α-hetero) is 1. The van der Waals surface area contributed by atoms with E-state index in [1.807, 2.05) is 30.3 Å².